The summed E-state index contributed by atoms with van der Waals surface area (Å²) in [6.45, 7) is 0. The summed E-state index contributed by atoms with van der Waals surface area (Å²) in [6, 6.07) is 4.52. The van der Waals surface area contributed by atoms with E-state index in [1.807, 2.05) is 0 Å². The smallest absolute Gasteiger partial charge is 0.168 e. The van der Waals surface area contributed by atoms with Gasteiger partial charge in [0.05, 0.1) is 0 Å². The third-order valence-electron chi connectivity index (χ3n) is 3.64. The average Bonchev–Trinajstić information content (AvgIpc) is 2.96. The Hall–Kier alpha value is -1.64. The van der Waals surface area contributed by atoms with E-state index in [4.69, 9.17) is 0 Å². The molecule has 1 aliphatic carbocycles. The van der Waals surface area contributed by atoms with Crippen LogP contribution in [0, 0.1) is 11.7 Å². The summed E-state index contributed by atoms with van der Waals surface area (Å²) in [5, 5.41) is 0.836. The van der Waals surface area contributed by atoms with Crippen LogP contribution in [0.4, 0.5) is 4.39 Å². The lowest BCUT2D eigenvalue weighted by Gasteiger charge is -2.06. The molecule has 1 saturated carbocycles. The van der Waals surface area contributed by atoms with E-state index in [-0.39, 0.29) is 17.5 Å². The molecule has 1 aromatic heterocycles. The fourth-order valence-corrected chi connectivity index (χ4v) is 2.71. The van der Waals surface area contributed by atoms with E-state index in [2.05, 4.69) is 4.98 Å². The molecule has 0 bridgehead atoms. The van der Waals surface area contributed by atoms with Gasteiger partial charge in [-0.25, -0.2) is 4.39 Å². The van der Waals surface area contributed by atoms with Gasteiger partial charge in [-0.15, -0.1) is 0 Å². The van der Waals surface area contributed by atoms with Crippen molar-refractivity contribution in [1.29, 1.82) is 0 Å². The minimum absolute atomic E-state index is 0.166. The number of Topliss-reactive ketones (excluding diaryl/α,β-unsaturated/α-hetero) is 1. The number of hydrogen-bond acceptors (Lipinski definition) is 1. The van der Waals surface area contributed by atoms with Crippen molar-refractivity contribution in [3.63, 3.8) is 0 Å². The number of hydrogen-bond donors (Lipinski definition) is 1. The summed E-state index contributed by atoms with van der Waals surface area (Å²) < 4.78 is 13.0. The Morgan fingerprint density at radius 1 is 1.29 bits per heavy atom. The van der Waals surface area contributed by atoms with Gasteiger partial charge in [-0.3, -0.25) is 4.79 Å². The van der Waals surface area contributed by atoms with Crippen molar-refractivity contribution in [2.75, 3.05) is 0 Å². The summed E-state index contributed by atoms with van der Waals surface area (Å²) in [5.41, 5.74) is 1.42. The molecule has 3 rings (SSSR count). The van der Waals surface area contributed by atoms with Crippen molar-refractivity contribution in [3.8, 4) is 0 Å². The van der Waals surface area contributed by atoms with Crippen molar-refractivity contribution in [3.05, 3.63) is 35.8 Å². The molecule has 0 aliphatic heterocycles. The first-order valence-electron chi connectivity index (χ1n) is 6.06. The van der Waals surface area contributed by atoms with E-state index in [9.17, 15) is 9.18 Å². The quantitative estimate of drug-likeness (QED) is 0.786. The Bertz CT molecular complexity index is 567. The van der Waals surface area contributed by atoms with Crippen molar-refractivity contribution >= 4 is 16.7 Å². The number of H-pyrrole nitrogens is 1. The van der Waals surface area contributed by atoms with E-state index < -0.39 is 0 Å². The highest BCUT2D eigenvalue weighted by Gasteiger charge is 2.25. The molecule has 17 heavy (non-hydrogen) atoms. The van der Waals surface area contributed by atoms with E-state index in [1.54, 1.807) is 12.3 Å². The Kier molecular flexibility index (Phi) is 2.46. The van der Waals surface area contributed by atoms with Gasteiger partial charge < -0.3 is 4.98 Å². The molecule has 0 spiro atoms. The van der Waals surface area contributed by atoms with Gasteiger partial charge in [0.2, 0.25) is 0 Å². The van der Waals surface area contributed by atoms with Crippen molar-refractivity contribution < 1.29 is 9.18 Å². The summed E-state index contributed by atoms with van der Waals surface area (Å²) in [7, 11) is 0. The SMILES string of the molecule is O=C(c1c[nH]c2cc(F)ccc12)C1CCCC1. The van der Waals surface area contributed by atoms with Crippen LogP contribution in [-0.2, 0) is 0 Å². The van der Waals surface area contributed by atoms with Gasteiger partial charge in [-0.1, -0.05) is 12.8 Å². The first-order valence-corrected chi connectivity index (χ1v) is 6.06. The number of benzene rings is 1. The molecule has 3 heteroatoms. The number of aromatic nitrogens is 1. The molecular weight excluding hydrogens is 217 g/mol. The highest BCUT2D eigenvalue weighted by atomic mass is 19.1. The van der Waals surface area contributed by atoms with Gasteiger partial charge in [0, 0.05) is 28.6 Å². The highest BCUT2D eigenvalue weighted by Crippen LogP contribution is 2.30. The second-order valence-electron chi connectivity index (χ2n) is 4.74. The second kappa shape index (κ2) is 3.99. The maximum Gasteiger partial charge on any atom is 0.168 e. The molecule has 2 nitrogen and oxygen atoms in total. The number of halogens is 1. The lowest BCUT2D eigenvalue weighted by molar-refractivity contribution is 0.0924. The van der Waals surface area contributed by atoms with Crippen LogP contribution in [0.2, 0.25) is 0 Å². The molecule has 1 aromatic carbocycles. The minimum atomic E-state index is -0.279. The van der Waals surface area contributed by atoms with Gasteiger partial charge >= 0.3 is 0 Å². The Morgan fingerprint density at radius 3 is 2.82 bits per heavy atom. The summed E-state index contributed by atoms with van der Waals surface area (Å²) >= 11 is 0. The van der Waals surface area contributed by atoms with E-state index >= 15 is 0 Å². The highest BCUT2D eigenvalue weighted by molar-refractivity contribution is 6.08. The van der Waals surface area contributed by atoms with Crippen LogP contribution < -0.4 is 0 Å². The summed E-state index contributed by atoms with van der Waals surface area (Å²) in [4.78, 5) is 15.3. The summed E-state index contributed by atoms with van der Waals surface area (Å²) in [5.74, 6) is 0.0960. The molecule has 1 N–H and O–H groups in total. The standard InChI is InChI=1S/C14H14FNO/c15-10-5-6-11-12(8-16-13(11)7-10)14(17)9-3-1-2-4-9/h5-9,16H,1-4H2. The maximum atomic E-state index is 13.0. The maximum absolute atomic E-state index is 13.0. The molecule has 0 radical (unpaired) electrons. The van der Waals surface area contributed by atoms with Gasteiger partial charge in [0.1, 0.15) is 5.82 Å². The van der Waals surface area contributed by atoms with E-state index in [0.29, 0.717) is 11.1 Å². The predicted octanol–water partition coefficient (Wildman–Crippen LogP) is 3.68. The topological polar surface area (TPSA) is 32.9 Å². The van der Waals surface area contributed by atoms with Crippen molar-refractivity contribution in [2.45, 2.75) is 25.7 Å². The zero-order valence-corrected chi connectivity index (χ0v) is 9.50. The number of aromatic amines is 1. The predicted molar refractivity (Wildman–Crippen MR) is 64.5 cm³/mol. The molecule has 1 heterocycles. The fraction of sp³-hybridized carbons (Fsp3) is 0.357. The van der Waals surface area contributed by atoms with Crippen LogP contribution >= 0.6 is 0 Å². The van der Waals surface area contributed by atoms with Crippen molar-refractivity contribution in [1.82, 2.24) is 4.98 Å². The third-order valence-corrected chi connectivity index (χ3v) is 3.64. The molecule has 1 aliphatic rings. The largest absolute Gasteiger partial charge is 0.360 e. The molecule has 0 unspecified atom stereocenters. The van der Waals surface area contributed by atoms with Gasteiger partial charge in [0.15, 0.2) is 5.78 Å². The van der Waals surface area contributed by atoms with Crippen LogP contribution in [0.3, 0.4) is 0 Å². The van der Waals surface area contributed by atoms with Crippen LogP contribution in [0.5, 0.6) is 0 Å². The number of fused-ring (bicyclic) bond motifs is 1. The lowest BCUT2D eigenvalue weighted by atomic mass is 9.96. The normalized spacial score (nSPS) is 16.8. The third kappa shape index (κ3) is 1.75. The zero-order chi connectivity index (χ0) is 11.8. The molecule has 0 saturated heterocycles. The molecule has 2 aromatic rings. The Morgan fingerprint density at radius 2 is 2.06 bits per heavy atom. The van der Waals surface area contributed by atoms with E-state index in [1.165, 1.54) is 12.1 Å². The summed E-state index contributed by atoms with van der Waals surface area (Å²) in [6.07, 6.45) is 5.99. The number of nitrogens with one attached hydrogen (secondary N) is 1. The first-order chi connectivity index (χ1) is 8.25. The second-order valence-corrected chi connectivity index (χ2v) is 4.74. The number of carbonyl (C=O) groups excluding carboxylic acids is 1. The average molecular weight is 231 g/mol. The molecule has 88 valence electrons. The van der Waals surface area contributed by atoms with Crippen LogP contribution in [0.1, 0.15) is 36.0 Å². The molecular formula is C14H14FNO. The molecule has 0 amide bonds. The Balaban J connectivity index is 2.02. The van der Waals surface area contributed by atoms with Gasteiger partial charge in [-0.2, -0.15) is 0 Å². The number of carbonyl (C=O) groups is 1. The first kappa shape index (κ1) is 10.5. The van der Waals surface area contributed by atoms with Gasteiger partial charge in [0.25, 0.3) is 0 Å². The van der Waals surface area contributed by atoms with Gasteiger partial charge in [-0.05, 0) is 31.0 Å². The van der Waals surface area contributed by atoms with E-state index in [0.717, 1.165) is 31.1 Å². The fourth-order valence-electron chi connectivity index (χ4n) is 2.71. The van der Waals surface area contributed by atoms with Crippen LogP contribution in [0.15, 0.2) is 24.4 Å². The number of ketones is 1. The van der Waals surface area contributed by atoms with Crippen molar-refractivity contribution in [2.24, 2.45) is 5.92 Å². The molecule has 1 fully saturated rings. The van der Waals surface area contributed by atoms with Crippen LogP contribution in [-0.4, -0.2) is 10.8 Å². The lowest BCUT2D eigenvalue weighted by Crippen LogP contribution is -2.10. The zero-order valence-electron chi connectivity index (χ0n) is 9.50. The Labute approximate surface area is 98.8 Å². The molecule has 0 atom stereocenters. The minimum Gasteiger partial charge on any atom is -0.360 e. The monoisotopic (exact) mass is 231 g/mol. The van der Waals surface area contributed by atoms with Crippen LogP contribution in [0.25, 0.3) is 10.9 Å². The number of rotatable bonds is 2.